The van der Waals surface area contributed by atoms with Gasteiger partial charge in [0.1, 0.15) is 0 Å². The van der Waals surface area contributed by atoms with Crippen molar-refractivity contribution in [2.75, 3.05) is 33.4 Å². The molecule has 1 heterocycles. The molecule has 1 fully saturated rings. The highest BCUT2D eigenvalue weighted by atomic mass is 16.5. The maximum absolute atomic E-state index is 11.3. The van der Waals surface area contributed by atoms with Crippen LogP contribution in [-0.2, 0) is 4.74 Å². The zero-order valence-corrected chi connectivity index (χ0v) is 8.53. The number of ether oxygens (including phenoxy) is 1. The van der Waals surface area contributed by atoms with Crippen LogP contribution >= 0.6 is 0 Å². The minimum Gasteiger partial charge on any atom is -0.391 e. The Morgan fingerprint density at radius 3 is 3.14 bits per heavy atom. The zero-order chi connectivity index (χ0) is 10.4. The second-order valence-electron chi connectivity index (χ2n) is 3.47. The molecule has 1 aliphatic rings. The fraction of sp³-hybridized carbons (Fsp3) is 0.889. The van der Waals surface area contributed by atoms with Gasteiger partial charge in [0.2, 0.25) is 0 Å². The third kappa shape index (κ3) is 3.51. The van der Waals surface area contributed by atoms with Crippen molar-refractivity contribution < 1.29 is 14.6 Å². The maximum atomic E-state index is 11.3. The Kier molecular flexibility index (Phi) is 4.69. The van der Waals surface area contributed by atoms with Gasteiger partial charge < -0.3 is 20.1 Å². The minimum absolute atomic E-state index is 0.0270. The summed E-state index contributed by atoms with van der Waals surface area (Å²) in [5.74, 6) is 0. The van der Waals surface area contributed by atoms with Crippen molar-refractivity contribution in [2.45, 2.75) is 18.9 Å². The van der Waals surface area contributed by atoms with Crippen LogP contribution < -0.4 is 5.32 Å². The quantitative estimate of drug-likeness (QED) is 0.649. The molecular formula is C9H18N2O3. The van der Waals surface area contributed by atoms with E-state index >= 15 is 0 Å². The third-order valence-electron chi connectivity index (χ3n) is 2.26. The molecule has 0 aromatic heterocycles. The molecule has 0 aliphatic carbocycles. The molecule has 0 radical (unpaired) electrons. The normalized spacial score (nSPS) is 19.3. The summed E-state index contributed by atoms with van der Waals surface area (Å²) in [6, 6.07) is -0.0270. The Labute approximate surface area is 84.0 Å². The molecule has 5 heteroatoms. The summed E-state index contributed by atoms with van der Waals surface area (Å²) in [4.78, 5) is 13.0. The molecule has 1 unspecified atom stereocenters. The fourth-order valence-corrected chi connectivity index (χ4v) is 1.47. The monoisotopic (exact) mass is 202 g/mol. The lowest BCUT2D eigenvalue weighted by Crippen LogP contribution is -2.47. The summed E-state index contributed by atoms with van der Waals surface area (Å²) in [5.41, 5.74) is 0. The van der Waals surface area contributed by atoms with Crippen molar-refractivity contribution in [3.05, 3.63) is 0 Å². The number of nitrogens with zero attached hydrogens (tertiary/aromatic N) is 1. The van der Waals surface area contributed by atoms with Gasteiger partial charge in [-0.1, -0.05) is 0 Å². The summed E-state index contributed by atoms with van der Waals surface area (Å²) in [5, 5.41) is 12.1. The number of rotatable bonds is 5. The first-order valence-corrected chi connectivity index (χ1v) is 4.94. The molecule has 1 rings (SSSR count). The van der Waals surface area contributed by atoms with Crippen LogP contribution in [0.3, 0.4) is 0 Å². The van der Waals surface area contributed by atoms with Gasteiger partial charge in [-0.2, -0.15) is 0 Å². The number of urea groups is 1. The van der Waals surface area contributed by atoms with Crippen LogP contribution in [0.25, 0.3) is 0 Å². The molecule has 1 atom stereocenters. The number of carbonyl (C=O) groups is 1. The standard InChI is InChI=1S/C9H18N2O3/c1-14-7-8(12)3-6-11-5-2-4-10-9(11)13/h8,12H,2-7H2,1H3,(H,10,13). The van der Waals surface area contributed by atoms with Crippen molar-refractivity contribution >= 4 is 6.03 Å². The van der Waals surface area contributed by atoms with E-state index in [9.17, 15) is 9.90 Å². The average molecular weight is 202 g/mol. The summed E-state index contributed by atoms with van der Waals surface area (Å²) in [7, 11) is 1.55. The van der Waals surface area contributed by atoms with Crippen molar-refractivity contribution in [1.82, 2.24) is 10.2 Å². The molecule has 0 bridgehead atoms. The van der Waals surface area contributed by atoms with Crippen LogP contribution in [0.5, 0.6) is 0 Å². The second-order valence-corrected chi connectivity index (χ2v) is 3.47. The molecule has 14 heavy (non-hydrogen) atoms. The van der Waals surface area contributed by atoms with Gasteiger partial charge in [-0.05, 0) is 12.8 Å². The molecule has 5 nitrogen and oxygen atoms in total. The van der Waals surface area contributed by atoms with Crippen LogP contribution in [0.1, 0.15) is 12.8 Å². The summed E-state index contributed by atoms with van der Waals surface area (Å²) >= 11 is 0. The van der Waals surface area contributed by atoms with E-state index in [2.05, 4.69) is 5.32 Å². The smallest absolute Gasteiger partial charge is 0.317 e. The number of hydrogen-bond acceptors (Lipinski definition) is 3. The molecule has 0 saturated carbocycles. The number of amides is 2. The van der Waals surface area contributed by atoms with E-state index < -0.39 is 6.10 Å². The lowest BCUT2D eigenvalue weighted by molar-refractivity contribution is 0.0532. The third-order valence-corrected chi connectivity index (χ3v) is 2.26. The van der Waals surface area contributed by atoms with Crippen molar-refractivity contribution in [3.63, 3.8) is 0 Å². The molecule has 1 saturated heterocycles. The van der Waals surface area contributed by atoms with E-state index in [-0.39, 0.29) is 6.03 Å². The SMILES string of the molecule is COCC(O)CCN1CCCNC1=O. The lowest BCUT2D eigenvalue weighted by Gasteiger charge is -2.28. The largest absolute Gasteiger partial charge is 0.391 e. The summed E-state index contributed by atoms with van der Waals surface area (Å²) in [6.07, 6.45) is 1.07. The number of methoxy groups -OCH3 is 1. The highest BCUT2D eigenvalue weighted by Crippen LogP contribution is 2.02. The fourth-order valence-electron chi connectivity index (χ4n) is 1.47. The van der Waals surface area contributed by atoms with Crippen molar-refractivity contribution in [1.29, 1.82) is 0 Å². The van der Waals surface area contributed by atoms with E-state index in [0.717, 1.165) is 19.5 Å². The van der Waals surface area contributed by atoms with Gasteiger partial charge in [-0.3, -0.25) is 0 Å². The molecule has 0 aromatic carbocycles. The Balaban J connectivity index is 2.19. The minimum atomic E-state index is -0.477. The van der Waals surface area contributed by atoms with E-state index in [0.29, 0.717) is 19.6 Å². The van der Waals surface area contributed by atoms with E-state index in [1.165, 1.54) is 0 Å². The molecule has 2 amide bonds. The zero-order valence-electron chi connectivity index (χ0n) is 8.53. The van der Waals surface area contributed by atoms with Gasteiger partial charge in [0.15, 0.2) is 0 Å². The first kappa shape index (κ1) is 11.3. The van der Waals surface area contributed by atoms with Gasteiger partial charge >= 0.3 is 6.03 Å². The first-order chi connectivity index (χ1) is 6.74. The Bertz CT molecular complexity index is 187. The highest BCUT2D eigenvalue weighted by Gasteiger charge is 2.17. The topological polar surface area (TPSA) is 61.8 Å². The number of aliphatic hydroxyl groups is 1. The van der Waals surface area contributed by atoms with Crippen LogP contribution in [0.15, 0.2) is 0 Å². The molecular weight excluding hydrogens is 184 g/mol. The first-order valence-electron chi connectivity index (χ1n) is 4.94. The van der Waals surface area contributed by atoms with E-state index in [1.54, 1.807) is 12.0 Å². The molecule has 0 spiro atoms. The molecule has 0 aromatic rings. The number of aliphatic hydroxyl groups excluding tert-OH is 1. The predicted molar refractivity (Wildman–Crippen MR) is 52.1 cm³/mol. The number of nitrogens with one attached hydrogen (secondary N) is 1. The predicted octanol–water partition coefficient (Wildman–Crippen LogP) is -0.201. The maximum Gasteiger partial charge on any atom is 0.317 e. The van der Waals surface area contributed by atoms with Crippen molar-refractivity contribution in [3.8, 4) is 0 Å². The molecule has 1 aliphatic heterocycles. The average Bonchev–Trinajstić information content (AvgIpc) is 2.17. The van der Waals surface area contributed by atoms with E-state index in [1.807, 2.05) is 0 Å². The Morgan fingerprint density at radius 2 is 2.50 bits per heavy atom. The molecule has 2 N–H and O–H groups in total. The van der Waals surface area contributed by atoms with Gasteiger partial charge in [0.05, 0.1) is 12.7 Å². The van der Waals surface area contributed by atoms with Crippen LogP contribution in [0.4, 0.5) is 4.79 Å². The molecule has 82 valence electrons. The van der Waals surface area contributed by atoms with Crippen LogP contribution in [-0.4, -0.2) is 55.5 Å². The van der Waals surface area contributed by atoms with Crippen LogP contribution in [0.2, 0.25) is 0 Å². The van der Waals surface area contributed by atoms with E-state index in [4.69, 9.17) is 4.74 Å². The Hall–Kier alpha value is -0.810. The summed E-state index contributed by atoms with van der Waals surface area (Å²) < 4.78 is 4.80. The second kappa shape index (κ2) is 5.82. The number of carbonyl (C=O) groups excluding carboxylic acids is 1. The van der Waals surface area contributed by atoms with Gasteiger partial charge in [0, 0.05) is 26.7 Å². The highest BCUT2D eigenvalue weighted by molar-refractivity contribution is 5.74. The van der Waals surface area contributed by atoms with Gasteiger partial charge in [-0.25, -0.2) is 4.79 Å². The van der Waals surface area contributed by atoms with Crippen LogP contribution in [0, 0.1) is 0 Å². The summed E-state index contributed by atoms with van der Waals surface area (Å²) in [6.45, 7) is 2.47. The van der Waals surface area contributed by atoms with Gasteiger partial charge in [0.25, 0.3) is 0 Å². The lowest BCUT2D eigenvalue weighted by atomic mass is 10.2. The van der Waals surface area contributed by atoms with Crippen molar-refractivity contribution in [2.24, 2.45) is 0 Å². The number of hydrogen-bond donors (Lipinski definition) is 2. The Morgan fingerprint density at radius 1 is 1.71 bits per heavy atom. The van der Waals surface area contributed by atoms with Gasteiger partial charge in [-0.15, -0.1) is 0 Å².